The van der Waals surface area contributed by atoms with Crippen molar-refractivity contribution in [2.75, 3.05) is 23.0 Å². The Morgan fingerprint density at radius 2 is 1.84 bits per heavy atom. The summed E-state index contributed by atoms with van der Waals surface area (Å²) in [5.74, 6) is -0.147. The topological polar surface area (TPSA) is 75.7 Å². The van der Waals surface area contributed by atoms with Crippen LogP contribution in [0.3, 0.4) is 0 Å². The Balaban J connectivity index is 1.72. The average molecular weight is 459 g/mol. The Kier molecular flexibility index (Phi) is 5.58. The summed E-state index contributed by atoms with van der Waals surface area (Å²) in [6.07, 6.45) is 3.02. The van der Waals surface area contributed by atoms with Gasteiger partial charge in [0.15, 0.2) is 0 Å². The third kappa shape index (κ3) is 3.95. The first kappa shape index (κ1) is 21.5. The van der Waals surface area contributed by atoms with Gasteiger partial charge in [0, 0.05) is 16.1 Å². The van der Waals surface area contributed by atoms with Gasteiger partial charge in [-0.2, -0.15) is 0 Å². The molecule has 6 nitrogen and oxygen atoms in total. The molecule has 162 valence electrons. The molecule has 0 saturated carbocycles. The second kappa shape index (κ2) is 8.05. The number of carbonyl (C=O) groups excluding carboxylic acids is 1. The third-order valence-electron chi connectivity index (χ3n) is 5.60. The van der Waals surface area contributed by atoms with Gasteiger partial charge in [0.05, 0.1) is 19.1 Å². The van der Waals surface area contributed by atoms with Gasteiger partial charge in [0.1, 0.15) is 11.8 Å². The van der Waals surface area contributed by atoms with Crippen LogP contribution in [0.1, 0.15) is 18.1 Å². The maximum Gasteiger partial charge on any atom is 0.248 e. The van der Waals surface area contributed by atoms with Crippen LogP contribution in [0.25, 0.3) is 10.8 Å². The molecule has 0 fully saturated rings. The van der Waals surface area contributed by atoms with E-state index in [4.69, 9.17) is 16.3 Å². The van der Waals surface area contributed by atoms with E-state index in [-0.39, 0.29) is 5.69 Å². The lowest BCUT2D eigenvalue weighted by molar-refractivity contribution is -0.116. The molecule has 1 N–H and O–H groups in total. The summed E-state index contributed by atoms with van der Waals surface area (Å²) in [5.41, 5.74) is 3.39. The number of benzene rings is 3. The van der Waals surface area contributed by atoms with Crippen LogP contribution in [-0.4, -0.2) is 33.7 Å². The molecular weight excluding hydrogens is 436 g/mol. The van der Waals surface area contributed by atoms with E-state index < -0.39 is 22.0 Å². The number of ether oxygens (including phenoxy) is 1. The predicted molar refractivity (Wildman–Crippen MR) is 125 cm³/mol. The summed E-state index contributed by atoms with van der Waals surface area (Å²) in [6.45, 7) is 1.54. The lowest BCUT2D eigenvalue weighted by Gasteiger charge is -2.29. The van der Waals surface area contributed by atoms with E-state index in [0.29, 0.717) is 16.5 Å². The molecule has 4 rings (SSSR count). The third-order valence-corrected chi connectivity index (χ3v) is 7.06. The molecule has 1 atom stereocenters. The molecule has 0 aromatic heterocycles. The van der Waals surface area contributed by atoms with E-state index in [1.54, 1.807) is 12.1 Å². The van der Waals surface area contributed by atoms with Crippen molar-refractivity contribution < 1.29 is 17.9 Å². The molecular formula is C23H23ClN2O4S. The first-order chi connectivity index (χ1) is 14.7. The number of sulfonamides is 1. The zero-order valence-electron chi connectivity index (χ0n) is 17.5. The van der Waals surface area contributed by atoms with Crippen molar-refractivity contribution in [3.8, 4) is 5.75 Å². The van der Waals surface area contributed by atoms with Crippen LogP contribution in [-0.2, 0) is 27.7 Å². The molecule has 0 radical (unpaired) electrons. The van der Waals surface area contributed by atoms with E-state index in [1.165, 1.54) is 36.6 Å². The van der Waals surface area contributed by atoms with Crippen molar-refractivity contribution in [2.24, 2.45) is 0 Å². The number of nitrogens with one attached hydrogen (secondary N) is 1. The fourth-order valence-corrected chi connectivity index (χ4v) is 5.55. The van der Waals surface area contributed by atoms with Crippen molar-refractivity contribution in [3.05, 3.63) is 64.7 Å². The molecule has 1 aliphatic carbocycles. The lowest BCUT2D eigenvalue weighted by atomic mass is 10.0. The van der Waals surface area contributed by atoms with Gasteiger partial charge in [-0.3, -0.25) is 9.10 Å². The Morgan fingerprint density at radius 3 is 2.52 bits per heavy atom. The molecule has 0 heterocycles. The van der Waals surface area contributed by atoms with Crippen molar-refractivity contribution in [1.29, 1.82) is 0 Å². The molecule has 1 amide bonds. The summed E-state index contributed by atoms with van der Waals surface area (Å²) >= 11 is 6.11. The zero-order valence-corrected chi connectivity index (χ0v) is 19.0. The van der Waals surface area contributed by atoms with Gasteiger partial charge in [-0.15, -0.1) is 0 Å². The SMILES string of the molecule is COc1ccc(Cl)cc1N([C@@H](C)C(=O)Nc1ccc2c3c(cccc13)CC2)S(C)(=O)=O. The highest BCUT2D eigenvalue weighted by Crippen LogP contribution is 2.36. The van der Waals surface area contributed by atoms with Crippen molar-refractivity contribution in [2.45, 2.75) is 25.8 Å². The van der Waals surface area contributed by atoms with Crippen molar-refractivity contribution in [1.82, 2.24) is 0 Å². The van der Waals surface area contributed by atoms with Gasteiger partial charge < -0.3 is 10.1 Å². The van der Waals surface area contributed by atoms with E-state index >= 15 is 0 Å². The van der Waals surface area contributed by atoms with Gasteiger partial charge in [0.2, 0.25) is 15.9 Å². The van der Waals surface area contributed by atoms with Crippen LogP contribution in [0.15, 0.2) is 48.5 Å². The van der Waals surface area contributed by atoms with Crippen molar-refractivity contribution >= 4 is 49.7 Å². The largest absolute Gasteiger partial charge is 0.495 e. The number of amides is 1. The minimum atomic E-state index is -3.82. The van der Waals surface area contributed by atoms with Crippen LogP contribution >= 0.6 is 11.6 Å². The Hall–Kier alpha value is -2.77. The van der Waals surface area contributed by atoms with Gasteiger partial charge in [-0.1, -0.05) is 35.9 Å². The minimum absolute atomic E-state index is 0.209. The molecule has 31 heavy (non-hydrogen) atoms. The number of aryl methyl sites for hydroxylation is 2. The number of halogens is 1. The maximum atomic E-state index is 13.2. The smallest absolute Gasteiger partial charge is 0.248 e. The van der Waals surface area contributed by atoms with Gasteiger partial charge in [0.25, 0.3) is 0 Å². The molecule has 1 aliphatic rings. The second-order valence-electron chi connectivity index (χ2n) is 7.65. The fraction of sp³-hybridized carbons (Fsp3) is 0.261. The molecule has 3 aromatic rings. The molecule has 3 aromatic carbocycles. The van der Waals surface area contributed by atoms with Crippen LogP contribution in [0.5, 0.6) is 5.75 Å². The molecule has 0 bridgehead atoms. The maximum absolute atomic E-state index is 13.2. The van der Waals surface area contributed by atoms with Crippen LogP contribution < -0.4 is 14.4 Å². The van der Waals surface area contributed by atoms with Gasteiger partial charge >= 0.3 is 0 Å². The van der Waals surface area contributed by atoms with E-state index in [0.717, 1.165) is 28.8 Å². The summed E-state index contributed by atoms with van der Waals surface area (Å²) in [6, 6.07) is 13.6. The van der Waals surface area contributed by atoms with Gasteiger partial charge in [-0.25, -0.2) is 8.42 Å². The Bertz CT molecular complexity index is 1280. The minimum Gasteiger partial charge on any atom is -0.495 e. The fourth-order valence-electron chi connectivity index (χ4n) is 4.21. The Morgan fingerprint density at radius 1 is 1.13 bits per heavy atom. The lowest BCUT2D eigenvalue weighted by Crippen LogP contribution is -2.45. The summed E-state index contributed by atoms with van der Waals surface area (Å²) < 4.78 is 31.7. The predicted octanol–water partition coefficient (Wildman–Crippen LogP) is 4.39. The van der Waals surface area contributed by atoms with Crippen LogP contribution in [0.2, 0.25) is 5.02 Å². The molecule has 0 saturated heterocycles. The first-order valence-electron chi connectivity index (χ1n) is 9.88. The molecule has 0 aliphatic heterocycles. The number of anilines is 2. The van der Waals surface area contributed by atoms with E-state index in [9.17, 15) is 13.2 Å². The number of hydrogen-bond acceptors (Lipinski definition) is 4. The summed E-state index contributed by atoms with van der Waals surface area (Å²) in [7, 11) is -2.38. The van der Waals surface area contributed by atoms with E-state index in [1.807, 2.05) is 24.3 Å². The molecule has 0 unspecified atom stereocenters. The highest BCUT2D eigenvalue weighted by molar-refractivity contribution is 7.92. The quantitative estimate of drug-likeness (QED) is 0.594. The zero-order chi connectivity index (χ0) is 22.3. The van der Waals surface area contributed by atoms with Crippen LogP contribution in [0.4, 0.5) is 11.4 Å². The molecule has 8 heteroatoms. The highest BCUT2D eigenvalue weighted by Gasteiger charge is 2.32. The van der Waals surface area contributed by atoms with Crippen LogP contribution in [0, 0.1) is 0 Å². The van der Waals surface area contributed by atoms with E-state index in [2.05, 4.69) is 11.4 Å². The highest BCUT2D eigenvalue weighted by atomic mass is 35.5. The second-order valence-corrected chi connectivity index (χ2v) is 9.95. The first-order valence-corrected chi connectivity index (χ1v) is 12.1. The normalized spacial score (nSPS) is 13.8. The monoisotopic (exact) mass is 458 g/mol. The standard InChI is InChI=1S/C23H23ClN2O4S/c1-14(26(31(3,28)29)20-13-17(24)10-12-21(20)30-2)23(27)25-19-11-9-16-8-7-15-5-4-6-18(19)22(15)16/h4-6,9-14H,7-8H2,1-3H3,(H,25,27)/t14-/m0/s1. The molecule has 0 spiro atoms. The summed E-state index contributed by atoms with van der Waals surface area (Å²) in [4.78, 5) is 13.2. The van der Waals surface area contributed by atoms with Gasteiger partial charge in [-0.05, 0) is 60.5 Å². The Labute approximate surface area is 186 Å². The number of rotatable bonds is 6. The number of carbonyl (C=O) groups is 1. The number of methoxy groups -OCH3 is 1. The average Bonchev–Trinajstić information content (AvgIpc) is 3.14. The number of nitrogens with zero attached hydrogens (tertiary/aromatic N) is 1. The van der Waals surface area contributed by atoms with Crippen molar-refractivity contribution in [3.63, 3.8) is 0 Å². The summed E-state index contributed by atoms with van der Waals surface area (Å²) in [5, 5.41) is 5.39. The number of hydrogen-bond donors (Lipinski definition) is 1.